The average Bonchev–Trinajstić information content (AvgIpc) is 3.12. The molecule has 0 bridgehead atoms. The van der Waals surface area contributed by atoms with Crippen molar-refractivity contribution in [1.29, 1.82) is 0 Å². The van der Waals surface area contributed by atoms with Gasteiger partial charge in [0.05, 0.1) is 0 Å². The molecule has 0 aliphatic carbocycles. The van der Waals surface area contributed by atoms with Crippen LogP contribution in [0.15, 0.2) is 170 Å². The normalized spacial score (nSPS) is 11.3. The molecule has 0 unspecified atom stereocenters. The van der Waals surface area contributed by atoms with Crippen molar-refractivity contribution in [1.82, 2.24) is 0 Å². The van der Waals surface area contributed by atoms with Gasteiger partial charge >= 0.3 is 0 Å². The van der Waals surface area contributed by atoms with Crippen LogP contribution in [0.25, 0.3) is 43.1 Å². The summed E-state index contributed by atoms with van der Waals surface area (Å²) in [6.07, 6.45) is 0. The van der Waals surface area contributed by atoms with Gasteiger partial charge in [-0.1, -0.05) is 133 Å². The highest BCUT2D eigenvalue weighted by Crippen LogP contribution is 2.39. The number of nitrogens with zero attached hydrogens (tertiary/aromatic N) is 2. The maximum atomic E-state index is 2.43. The predicted molar refractivity (Wildman–Crippen MR) is 210 cm³/mol. The van der Waals surface area contributed by atoms with Crippen molar-refractivity contribution >= 4 is 65.8 Å². The van der Waals surface area contributed by atoms with E-state index in [-0.39, 0.29) is 0 Å². The van der Waals surface area contributed by atoms with E-state index in [9.17, 15) is 0 Å². The Morgan fingerprint density at radius 1 is 0.312 bits per heavy atom. The summed E-state index contributed by atoms with van der Waals surface area (Å²) in [5.74, 6) is 0. The summed E-state index contributed by atoms with van der Waals surface area (Å²) in [6, 6.07) is 61.5. The zero-order valence-corrected chi connectivity index (χ0v) is 28.2. The molecule has 0 spiro atoms. The maximum Gasteiger partial charge on any atom is 0.0499 e. The number of hydrogen-bond donors (Lipinski definition) is 0. The van der Waals surface area contributed by atoms with Gasteiger partial charge in [-0.15, -0.1) is 0 Å². The molecule has 8 rings (SSSR count). The first kappa shape index (κ1) is 31.0. The van der Waals surface area contributed by atoms with Crippen LogP contribution in [0.3, 0.4) is 0 Å². The Bertz CT molecular complexity index is 2310. The number of fused-ring (bicyclic) bond motifs is 5. The van der Waals surface area contributed by atoms with Crippen molar-refractivity contribution in [2.24, 2.45) is 0 Å². The minimum absolute atomic E-state index is 0.372. The molecular weight excluding hydrogens is 581 g/mol. The summed E-state index contributed by atoms with van der Waals surface area (Å²) < 4.78 is 0. The molecule has 0 heterocycles. The lowest BCUT2D eigenvalue weighted by Gasteiger charge is -2.31. The van der Waals surface area contributed by atoms with E-state index >= 15 is 0 Å². The predicted octanol–water partition coefficient (Wildman–Crippen LogP) is 13.1. The lowest BCUT2D eigenvalue weighted by atomic mass is 9.99. The SMILES string of the molecule is CC(C)N(c1ccc2ccccc2c1)c1cccc2ccccc12.CC(C)N(c1ccccc1)c1cc2ccccc2c2ccccc12. The van der Waals surface area contributed by atoms with Gasteiger partial charge in [0.2, 0.25) is 0 Å². The summed E-state index contributed by atoms with van der Waals surface area (Å²) in [7, 11) is 0. The first-order valence-corrected chi connectivity index (χ1v) is 17.0. The van der Waals surface area contributed by atoms with Crippen molar-refractivity contribution in [2.75, 3.05) is 9.80 Å². The minimum Gasteiger partial charge on any atom is -0.338 e. The fourth-order valence-electron chi connectivity index (χ4n) is 7.00. The van der Waals surface area contributed by atoms with Gasteiger partial charge < -0.3 is 9.80 Å². The second-order valence-electron chi connectivity index (χ2n) is 13.0. The Morgan fingerprint density at radius 2 is 0.833 bits per heavy atom. The lowest BCUT2D eigenvalue weighted by Crippen LogP contribution is -2.25. The van der Waals surface area contributed by atoms with E-state index in [0.29, 0.717) is 12.1 Å². The zero-order chi connectivity index (χ0) is 33.0. The van der Waals surface area contributed by atoms with Crippen LogP contribution in [0.1, 0.15) is 27.7 Å². The van der Waals surface area contributed by atoms with Crippen molar-refractivity contribution in [3.8, 4) is 0 Å². The first-order valence-electron chi connectivity index (χ1n) is 17.0. The van der Waals surface area contributed by atoms with Gasteiger partial charge in [-0.25, -0.2) is 0 Å². The third-order valence-electron chi connectivity index (χ3n) is 9.11. The average molecular weight is 623 g/mol. The van der Waals surface area contributed by atoms with Gasteiger partial charge in [-0.05, 0) is 96.4 Å². The second-order valence-corrected chi connectivity index (χ2v) is 13.0. The van der Waals surface area contributed by atoms with Gasteiger partial charge in [-0.2, -0.15) is 0 Å². The van der Waals surface area contributed by atoms with Crippen LogP contribution in [-0.2, 0) is 0 Å². The highest BCUT2D eigenvalue weighted by atomic mass is 15.2. The summed E-state index contributed by atoms with van der Waals surface area (Å²) in [6.45, 7) is 8.99. The number of para-hydroxylation sites is 1. The summed E-state index contributed by atoms with van der Waals surface area (Å²) >= 11 is 0. The molecule has 8 aromatic rings. The van der Waals surface area contributed by atoms with E-state index in [1.54, 1.807) is 0 Å². The lowest BCUT2D eigenvalue weighted by molar-refractivity contribution is 0.792. The Hall–Kier alpha value is -5.60. The Labute approximate surface area is 284 Å². The zero-order valence-electron chi connectivity index (χ0n) is 28.2. The van der Waals surface area contributed by atoms with E-state index < -0.39 is 0 Å². The van der Waals surface area contributed by atoms with Crippen molar-refractivity contribution in [3.05, 3.63) is 170 Å². The molecule has 8 aromatic carbocycles. The van der Waals surface area contributed by atoms with E-state index in [1.807, 2.05) is 0 Å². The monoisotopic (exact) mass is 622 g/mol. The van der Waals surface area contributed by atoms with Gasteiger partial charge in [0.25, 0.3) is 0 Å². The fourth-order valence-corrected chi connectivity index (χ4v) is 7.00. The van der Waals surface area contributed by atoms with Crippen LogP contribution < -0.4 is 9.80 Å². The molecule has 2 nitrogen and oxygen atoms in total. The molecule has 0 fully saturated rings. The standard InChI is InChI=1S/2C23H21N/c1-17(2)24(21-15-14-18-8-3-4-10-20(18)16-21)23-13-7-11-19-9-5-6-12-22(19)23;1-17(2)24(19-11-4-3-5-12-19)23-16-18-10-6-7-13-20(18)21-14-8-9-15-22(21)23/h2*3-17H,1-2H3. The largest absolute Gasteiger partial charge is 0.338 e. The third kappa shape index (κ3) is 6.10. The van der Waals surface area contributed by atoms with Crippen molar-refractivity contribution < 1.29 is 0 Å². The summed E-state index contributed by atoms with van der Waals surface area (Å²) in [5, 5.41) is 10.3. The molecule has 0 aliphatic rings. The molecule has 2 heteroatoms. The molecule has 0 saturated heterocycles. The van der Waals surface area contributed by atoms with Crippen LogP contribution in [-0.4, -0.2) is 12.1 Å². The fraction of sp³-hybridized carbons (Fsp3) is 0.130. The van der Waals surface area contributed by atoms with E-state index in [1.165, 1.54) is 65.8 Å². The maximum absolute atomic E-state index is 2.43. The number of hydrogen-bond acceptors (Lipinski definition) is 2. The van der Waals surface area contributed by atoms with Gasteiger partial charge in [-0.3, -0.25) is 0 Å². The molecular formula is C46H42N2. The molecule has 0 aromatic heterocycles. The molecule has 0 N–H and O–H groups in total. The smallest absolute Gasteiger partial charge is 0.0499 e. The third-order valence-corrected chi connectivity index (χ3v) is 9.11. The topological polar surface area (TPSA) is 6.48 Å². The van der Waals surface area contributed by atoms with Crippen molar-refractivity contribution in [2.45, 2.75) is 39.8 Å². The number of benzene rings is 8. The molecule has 0 saturated carbocycles. The highest BCUT2D eigenvalue weighted by molar-refractivity contribution is 6.13. The molecule has 48 heavy (non-hydrogen) atoms. The van der Waals surface area contributed by atoms with E-state index in [0.717, 1.165) is 0 Å². The van der Waals surface area contributed by atoms with Gasteiger partial charge in [0, 0.05) is 45.6 Å². The summed E-state index contributed by atoms with van der Waals surface area (Å²) in [4.78, 5) is 4.85. The molecule has 0 amide bonds. The van der Waals surface area contributed by atoms with Crippen LogP contribution >= 0.6 is 0 Å². The van der Waals surface area contributed by atoms with Crippen molar-refractivity contribution in [3.63, 3.8) is 0 Å². The quantitative estimate of drug-likeness (QED) is 0.170. The summed E-state index contributed by atoms with van der Waals surface area (Å²) in [5.41, 5.74) is 5.00. The van der Waals surface area contributed by atoms with Gasteiger partial charge in [0.1, 0.15) is 0 Å². The highest BCUT2D eigenvalue weighted by Gasteiger charge is 2.18. The minimum atomic E-state index is 0.372. The van der Waals surface area contributed by atoms with E-state index in [4.69, 9.17) is 0 Å². The van der Waals surface area contributed by atoms with Crippen LogP contribution in [0, 0.1) is 0 Å². The van der Waals surface area contributed by atoms with Crippen LogP contribution in [0.2, 0.25) is 0 Å². The van der Waals surface area contributed by atoms with Crippen LogP contribution in [0.5, 0.6) is 0 Å². The van der Waals surface area contributed by atoms with Crippen LogP contribution in [0.4, 0.5) is 22.7 Å². The Morgan fingerprint density at radius 3 is 1.54 bits per heavy atom. The number of anilines is 4. The molecule has 0 atom stereocenters. The Balaban J connectivity index is 0.000000152. The Kier molecular flexibility index (Phi) is 8.81. The molecule has 0 aliphatic heterocycles. The molecule has 236 valence electrons. The van der Waals surface area contributed by atoms with Gasteiger partial charge in [0.15, 0.2) is 0 Å². The van der Waals surface area contributed by atoms with E-state index in [2.05, 4.69) is 207 Å². The first-order chi connectivity index (χ1) is 23.5. The number of rotatable bonds is 6. The molecule has 0 radical (unpaired) electrons. The second kappa shape index (κ2) is 13.6.